The second-order valence-electron chi connectivity index (χ2n) is 21.6. The fourth-order valence-electron chi connectivity index (χ4n) is 12.7. The normalized spacial score (nSPS) is 34.0. The summed E-state index contributed by atoms with van der Waals surface area (Å²) in [7, 11) is 0. The summed E-state index contributed by atoms with van der Waals surface area (Å²) in [5, 5.41) is 0. The third-order valence-corrected chi connectivity index (χ3v) is 17.4. The first-order chi connectivity index (χ1) is 26.9. The molecular formula is C60H112. The minimum Gasteiger partial charge on any atom is -0.0999 e. The molecule has 60 heavy (non-hydrogen) atoms. The van der Waals surface area contributed by atoms with Gasteiger partial charge in [0, 0.05) is 0 Å². The van der Waals surface area contributed by atoms with E-state index in [-0.39, 0.29) is 29.7 Å². The van der Waals surface area contributed by atoms with E-state index in [0.717, 1.165) is 71.0 Å². The lowest BCUT2D eigenvalue weighted by Gasteiger charge is -2.36. The Labute approximate surface area is 381 Å². The average molecular weight is 834 g/mol. The molecule has 0 unspecified atom stereocenters. The van der Waals surface area contributed by atoms with Gasteiger partial charge in [0.25, 0.3) is 0 Å². The first-order valence-corrected chi connectivity index (χ1v) is 25.2. The van der Waals surface area contributed by atoms with Crippen LogP contribution in [0.25, 0.3) is 0 Å². The van der Waals surface area contributed by atoms with E-state index in [9.17, 15) is 0 Å². The summed E-state index contributed by atoms with van der Waals surface area (Å²) in [4.78, 5) is 0. The Morgan fingerprint density at radius 1 is 0.283 bits per heavy atom. The molecule has 0 radical (unpaired) electrons. The van der Waals surface area contributed by atoms with E-state index in [0.29, 0.717) is 0 Å². The van der Waals surface area contributed by atoms with Gasteiger partial charge in [-0.05, 0) is 214 Å². The molecule has 0 aliphatic heterocycles. The molecule has 0 aromatic carbocycles. The molecular weight excluding hydrogens is 721 g/mol. The molecule has 0 N–H and O–H groups in total. The Kier molecular flexibility index (Phi) is 30.1. The topological polar surface area (TPSA) is 0 Å². The Hall–Kier alpha value is -1.30. The third-order valence-electron chi connectivity index (χ3n) is 17.4. The van der Waals surface area contributed by atoms with Crippen LogP contribution >= 0.6 is 0 Å². The zero-order valence-corrected chi connectivity index (χ0v) is 38.8. The molecule has 0 saturated heterocycles. The lowest BCUT2D eigenvalue weighted by molar-refractivity contribution is 0.188. The van der Waals surface area contributed by atoms with Crippen molar-refractivity contribution in [2.24, 2.45) is 71.0 Å². The standard InChI is InChI=1S/C20H32.C19H32.C17H32.4CH4/c1-14(2)17-6-10-19(11-7-17)16(5)20-12-8-18(9-13-20)15(3)4;1-14(2)18-9-5-16(6-10-18)13-17-7-11-19(12-8-17)15(3)4;1-3-14-5-9-16(10-6-14)13-17-11-7-15(4-2)8-12-17;;;;/h17-20H,1,3,5-13H2,2,4H3;16-19H,1,3,5-13H2,2,4H3;14-17H,3-13H2,1-2H3;4*1H4. The van der Waals surface area contributed by atoms with Gasteiger partial charge in [-0.25, -0.2) is 0 Å². The second kappa shape index (κ2) is 30.7. The molecule has 0 nitrogen and oxygen atoms in total. The van der Waals surface area contributed by atoms with Crippen LogP contribution in [0.5, 0.6) is 0 Å². The maximum absolute atomic E-state index is 4.50. The van der Waals surface area contributed by atoms with E-state index in [2.05, 4.69) is 74.4 Å². The van der Waals surface area contributed by atoms with E-state index in [4.69, 9.17) is 0 Å². The van der Waals surface area contributed by atoms with Crippen molar-refractivity contribution >= 4 is 0 Å². The fourth-order valence-corrected chi connectivity index (χ4v) is 12.7. The molecule has 6 fully saturated rings. The average Bonchev–Trinajstić information content (AvgIpc) is 3.22. The van der Waals surface area contributed by atoms with Crippen molar-refractivity contribution in [2.75, 3.05) is 0 Å². The highest BCUT2D eigenvalue weighted by atomic mass is 14.4. The second-order valence-corrected chi connectivity index (χ2v) is 21.6. The van der Waals surface area contributed by atoms with Crippen LogP contribution in [0.15, 0.2) is 60.8 Å². The van der Waals surface area contributed by atoms with Gasteiger partial charge in [0.1, 0.15) is 0 Å². The molecule has 0 heterocycles. The van der Waals surface area contributed by atoms with Gasteiger partial charge in [-0.3, -0.25) is 0 Å². The van der Waals surface area contributed by atoms with Gasteiger partial charge >= 0.3 is 0 Å². The van der Waals surface area contributed by atoms with Crippen LogP contribution < -0.4 is 0 Å². The van der Waals surface area contributed by atoms with Crippen molar-refractivity contribution < 1.29 is 0 Å². The highest BCUT2D eigenvalue weighted by molar-refractivity contribution is 5.12. The van der Waals surface area contributed by atoms with E-state index in [1.807, 2.05) is 0 Å². The molecule has 0 spiro atoms. The molecule has 0 heteroatoms. The Bertz CT molecular complexity index is 1070. The van der Waals surface area contributed by atoms with Gasteiger partial charge in [-0.1, -0.05) is 169 Å². The Morgan fingerprint density at radius 2 is 0.450 bits per heavy atom. The van der Waals surface area contributed by atoms with Gasteiger partial charge in [0.2, 0.25) is 0 Å². The fraction of sp³-hybridized carbons (Fsp3) is 0.833. The van der Waals surface area contributed by atoms with Gasteiger partial charge in [-0.15, -0.1) is 0 Å². The summed E-state index contributed by atoms with van der Waals surface area (Å²) in [5.41, 5.74) is 7.18. The van der Waals surface area contributed by atoms with Crippen LogP contribution in [0, 0.1) is 71.0 Å². The van der Waals surface area contributed by atoms with E-state index in [1.54, 1.807) is 37.7 Å². The van der Waals surface area contributed by atoms with Crippen molar-refractivity contribution in [3.63, 3.8) is 0 Å². The maximum atomic E-state index is 4.50. The molecule has 0 aromatic heterocycles. The molecule has 0 bridgehead atoms. The maximum Gasteiger partial charge on any atom is -0.0203 e. The van der Waals surface area contributed by atoms with Crippen LogP contribution in [0.3, 0.4) is 0 Å². The molecule has 0 aromatic rings. The molecule has 6 rings (SSSR count). The summed E-state index contributed by atoms with van der Waals surface area (Å²) in [5.74, 6) is 11.2. The summed E-state index contributed by atoms with van der Waals surface area (Å²) >= 11 is 0. The van der Waals surface area contributed by atoms with E-state index in [1.165, 1.54) is 170 Å². The van der Waals surface area contributed by atoms with Gasteiger partial charge in [-0.2, -0.15) is 0 Å². The highest BCUT2D eigenvalue weighted by Gasteiger charge is 2.31. The molecule has 6 saturated carbocycles. The minimum atomic E-state index is 0. The highest BCUT2D eigenvalue weighted by Crippen LogP contribution is 2.44. The van der Waals surface area contributed by atoms with Crippen molar-refractivity contribution in [1.82, 2.24) is 0 Å². The molecule has 0 amide bonds. The van der Waals surface area contributed by atoms with E-state index >= 15 is 0 Å². The molecule has 6 aliphatic carbocycles. The number of hydrogen-bond donors (Lipinski definition) is 0. The monoisotopic (exact) mass is 833 g/mol. The lowest BCUT2D eigenvalue weighted by atomic mass is 9.69. The van der Waals surface area contributed by atoms with Crippen molar-refractivity contribution in [1.29, 1.82) is 0 Å². The summed E-state index contributed by atoms with van der Waals surface area (Å²) < 4.78 is 0. The minimum absolute atomic E-state index is 0. The summed E-state index contributed by atoms with van der Waals surface area (Å²) in [6, 6.07) is 0. The smallest absolute Gasteiger partial charge is 0.0203 e. The third kappa shape index (κ3) is 19.6. The largest absolute Gasteiger partial charge is 0.0999 e. The zero-order chi connectivity index (χ0) is 40.6. The van der Waals surface area contributed by atoms with Crippen LogP contribution in [-0.2, 0) is 0 Å². The number of allylic oxidation sites excluding steroid dienone is 5. The number of hydrogen-bond acceptors (Lipinski definition) is 0. The van der Waals surface area contributed by atoms with Crippen molar-refractivity contribution in [2.45, 2.75) is 251 Å². The summed E-state index contributed by atoms with van der Waals surface area (Å²) in [6.07, 6.45) is 40.4. The lowest BCUT2D eigenvalue weighted by Crippen LogP contribution is -2.23. The van der Waals surface area contributed by atoms with Crippen molar-refractivity contribution in [3.8, 4) is 0 Å². The zero-order valence-electron chi connectivity index (χ0n) is 38.8. The van der Waals surface area contributed by atoms with Gasteiger partial charge in [0.05, 0.1) is 0 Å². The number of rotatable bonds is 12. The van der Waals surface area contributed by atoms with Crippen molar-refractivity contribution in [3.05, 3.63) is 60.8 Å². The predicted octanol–water partition coefficient (Wildman–Crippen LogP) is 20.8. The SMILES string of the molecule is C.C.C.C.C=C(C)C1CCC(C(=C)C2CCC(C(=C)C)CC2)CC1.C=C(C)C1CCC(CC2CCC(C(=C)C)CC2)CC1.CCC1CCC(CC2CCC(CC)CC2)CC1. The predicted molar refractivity (Wildman–Crippen MR) is 278 cm³/mol. The van der Waals surface area contributed by atoms with Crippen LogP contribution in [0.1, 0.15) is 251 Å². The molecule has 6 aliphatic rings. The quantitative estimate of drug-likeness (QED) is 0.172. The first-order valence-electron chi connectivity index (χ1n) is 25.2. The molecule has 0 atom stereocenters. The van der Waals surface area contributed by atoms with Crippen LogP contribution in [0.2, 0.25) is 0 Å². The molecule has 352 valence electrons. The van der Waals surface area contributed by atoms with Crippen LogP contribution in [-0.4, -0.2) is 0 Å². The van der Waals surface area contributed by atoms with E-state index < -0.39 is 0 Å². The van der Waals surface area contributed by atoms with Gasteiger partial charge in [0.15, 0.2) is 0 Å². The Balaban J connectivity index is 0.000000845. The summed E-state index contributed by atoms with van der Waals surface area (Å²) in [6.45, 7) is 34.6. The van der Waals surface area contributed by atoms with Crippen LogP contribution in [0.4, 0.5) is 0 Å². The Morgan fingerprint density at radius 3 is 0.650 bits per heavy atom. The first kappa shape index (κ1) is 58.7. The van der Waals surface area contributed by atoms with Gasteiger partial charge < -0.3 is 0 Å².